The topological polar surface area (TPSA) is 95.7 Å². The lowest BCUT2D eigenvalue weighted by Gasteiger charge is -2.16. The van der Waals surface area contributed by atoms with Gasteiger partial charge in [0.2, 0.25) is 10.0 Å². The largest absolute Gasteiger partial charge is 0.490 e. The van der Waals surface area contributed by atoms with Gasteiger partial charge in [-0.15, -0.1) is 11.3 Å². The molecule has 0 amide bonds. The van der Waals surface area contributed by atoms with Gasteiger partial charge in [-0.3, -0.25) is 0 Å². The van der Waals surface area contributed by atoms with Crippen LogP contribution in [0.4, 0.5) is 0 Å². The first-order chi connectivity index (χ1) is 12.3. The number of benzene rings is 1. The molecule has 6 nitrogen and oxygen atoms in total. The van der Waals surface area contributed by atoms with E-state index in [1.54, 1.807) is 0 Å². The third kappa shape index (κ3) is 4.63. The van der Waals surface area contributed by atoms with Crippen LogP contribution in [0.25, 0.3) is 0 Å². The molecule has 140 valence electrons. The number of thiophene rings is 1. The van der Waals surface area contributed by atoms with Crippen molar-refractivity contribution in [2.24, 2.45) is 11.1 Å². The highest BCUT2D eigenvalue weighted by atomic mass is 32.2. The summed E-state index contributed by atoms with van der Waals surface area (Å²) in [5, 5.41) is 5.04. The summed E-state index contributed by atoms with van der Waals surface area (Å²) < 4.78 is 33.1. The van der Waals surface area contributed by atoms with Crippen LogP contribution in [0.3, 0.4) is 0 Å². The fourth-order valence-electron chi connectivity index (χ4n) is 2.90. The summed E-state index contributed by atoms with van der Waals surface area (Å²) in [5.74, 6) is 0.814. The summed E-state index contributed by atoms with van der Waals surface area (Å²) in [6.45, 7) is 2.53. The molecule has 2 aromatic rings. The Balaban J connectivity index is 1.47. The normalized spacial score (nSPS) is 16.8. The van der Waals surface area contributed by atoms with Crippen LogP contribution in [0.2, 0.25) is 0 Å². The Hall–Kier alpha value is -1.90. The van der Waals surface area contributed by atoms with Crippen molar-refractivity contribution in [3.05, 3.63) is 45.6 Å². The molecule has 0 bridgehead atoms. The minimum absolute atomic E-state index is 0.0206. The summed E-state index contributed by atoms with van der Waals surface area (Å²) in [4.78, 5) is 14.1. The Morgan fingerprint density at radius 3 is 2.69 bits per heavy atom. The molecule has 26 heavy (non-hydrogen) atoms. The van der Waals surface area contributed by atoms with E-state index in [1.807, 2.05) is 6.07 Å². The minimum atomic E-state index is -3.72. The maximum absolute atomic E-state index is 12.2. The molecule has 8 heteroatoms. The van der Waals surface area contributed by atoms with E-state index in [-0.39, 0.29) is 24.1 Å². The number of sulfonamides is 1. The van der Waals surface area contributed by atoms with Crippen LogP contribution in [0.1, 0.15) is 33.5 Å². The third-order valence-electron chi connectivity index (χ3n) is 4.27. The van der Waals surface area contributed by atoms with Gasteiger partial charge in [-0.1, -0.05) is 6.92 Å². The van der Waals surface area contributed by atoms with Gasteiger partial charge in [-0.05, 0) is 61.1 Å². The standard InChI is InChI=1S/C18H21NO5S2/c1-12-2-7-16-13(10-12)11-17(25-16)18(20)24-9-8-23-14-3-5-15(6-4-14)26(19,21)22/h3-6,11-12H,2,7-10H2,1H3,(H2,19,21,22)/t12-/m0/s1. The maximum Gasteiger partial charge on any atom is 0.348 e. The summed E-state index contributed by atoms with van der Waals surface area (Å²) in [7, 11) is -3.72. The van der Waals surface area contributed by atoms with Gasteiger partial charge in [0.1, 0.15) is 23.8 Å². The number of fused-ring (bicyclic) bond motifs is 1. The minimum Gasteiger partial charge on any atom is -0.490 e. The second kappa shape index (κ2) is 7.77. The van der Waals surface area contributed by atoms with E-state index in [2.05, 4.69) is 6.92 Å². The first kappa shape index (κ1) is 18.9. The molecule has 1 aliphatic rings. The Morgan fingerprint density at radius 2 is 2.00 bits per heavy atom. The van der Waals surface area contributed by atoms with Gasteiger partial charge in [0.15, 0.2) is 0 Å². The first-order valence-corrected chi connectivity index (χ1v) is 10.7. The molecule has 1 atom stereocenters. The van der Waals surface area contributed by atoms with Gasteiger partial charge >= 0.3 is 5.97 Å². The first-order valence-electron chi connectivity index (χ1n) is 8.37. The van der Waals surface area contributed by atoms with Crippen LogP contribution >= 0.6 is 11.3 Å². The molecule has 0 unspecified atom stereocenters. The Morgan fingerprint density at radius 1 is 1.27 bits per heavy atom. The second-order valence-electron chi connectivity index (χ2n) is 6.41. The molecule has 0 aliphatic heterocycles. The highest BCUT2D eigenvalue weighted by Gasteiger charge is 2.21. The number of carbonyl (C=O) groups is 1. The molecule has 2 N–H and O–H groups in total. The summed E-state index contributed by atoms with van der Waals surface area (Å²) in [6, 6.07) is 7.71. The number of aryl methyl sites for hydroxylation is 1. The fraction of sp³-hybridized carbons (Fsp3) is 0.389. The van der Waals surface area contributed by atoms with Crippen molar-refractivity contribution < 1.29 is 22.7 Å². The lowest BCUT2D eigenvalue weighted by atomic mass is 9.90. The maximum atomic E-state index is 12.2. The number of hydrogen-bond acceptors (Lipinski definition) is 6. The van der Waals surface area contributed by atoms with Gasteiger partial charge in [0.05, 0.1) is 4.90 Å². The molecule has 3 rings (SSSR count). The summed E-state index contributed by atoms with van der Waals surface area (Å²) in [5.41, 5.74) is 1.27. The predicted octanol–water partition coefficient (Wildman–Crippen LogP) is 2.76. The number of ether oxygens (including phenoxy) is 2. The number of primary sulfonamides is 1. The van der Waals surface area contributed by atoms with Gasteiger partial charge in [0.25, 0.3) is 0 Å². The Labute approximate surface area is 157 Å². The van der Waals surface area contributed by atoms with Gasteiger partial charge in [-0.2, -0.15) is 0 Å². The van der Waals surface area contributed by atoms with Crippen molar-refractivity contribution in [3.63, 3.8) is 0 Å². The van der Waals surface area contributed by atoms with E-state index < -0.39 is 10.0 Å². The molecule has 0 saturated heterocycles. The van der Waals surface area contributed by atoms with E-state index in [0.717, 1.165) is 12.8 Å². The second-order valence-corrected chi connectivity index (χ2v) is 9.11. The lowest BCUT2D eigenvalue weighted by Crippen LogP contribution is -2.13. The SMILES string of the molecule is C[C@H]1CCc2sc(C(=O)OCCOc3ccc(S(N)(=O)=O)cc3)cc2C1. The summed E-state index contributed by atoms with van der Waals surface area (Å²) in [6.07, 6.45) is 3.23. The molecule has 0 spiro atoms. The van der Waals surface area contributed by atoms with Gasteiger partial charge in [-0.25, -0.2) is 18.4 Å². The molecule has 1 aromatic carbocycles. The number of carbonyl (C=O) groups excluding carboxylic acids is 1. The van der Waals surface area contributed by atoms with Crippen LogP contribution in [0.5, 0.6) is 5.75 Å². The lowest BCUT2D eigenvalue weighted by molar-refractivity contribution is 0.0456. The molecular formula is C18H21NO5S2. The highest BCUT2D eigenvalue weighted by Crippen LogP contribution is 2.32. The Bertz CT molecular complexity index is 887. The van der Waals surface area contributed by atoms with Crippen LogP contribution in [0, 0.1) is 5.92 Å². The van der Waals surface area contributed by atoms with E-state index >= 15 is 0 Å². The number of nitrogens with two attached hydrogens (primary N) is 1. The molecule has 0 radical (unpaired) electrons. The quantitative estimate of drug-likeness (QED) is 0.599. The molecule has 1 aromatic heterocycles. The monoisotopic (exact) mass is 395 g/mol. The van der Waals surface area contributed by atoms with E-state index in [0.29, 0.717) is 16.5 Å². The number of rotatable bonds is 6. The molecule has 1 heterocycles. The van der Waals surface area contributed by atoms with E-state index in [4.69, 9.17) is 14.6 Å². The van der Waals surface area contributed by atoms with Gasteiger partial charge in [0, 0.05) is 4.88 Å². The van der Waals surface area contributed by atoms with Crippen molar-refractivity contribution in [1.82, 2.24) is 0 Å². The van der Waals surface area contributed by atoms with Crippen LogP contribution in [0.15, 0.2) is 35.2 Å². The highest BCUT2D eigenvalue weighted by molar-refractivity contribution is 7.89. The van der Waals surface area contributed by atoms with Crippen molar-refractivity contribution in [1.29, 1.82) is 0 Å². The predicted molar refractivity (Wildman–Crippen MR) is 99.1 cm³/mol. The van der Waals surface area contributed by atoms with Crippen LogP contribution in [-0.4, -0.2) is 27.6 Å². The zero-order valence-corrected chi connectivity index (χ0v) is 16.1. The Kier molecular flexibility index (Phi) is 5.64. The molecule has 0 saturated carbocycles. The van der Waals surface area contributed by atoms with E-state index in [1.165, 1.54) is 52.5 Å². The molecule has 1 aliphatic carbocycles. The average Bonchev–Trinajstić information content (AvgIpc) is 3.01. The van der Waals surface area contributed by atoms with Gasteiger partial charge < -0.3 is 9.47 Å². The smallest absolute Gasteiger partial charge is 0.348 e. The molecular weight excluding hydrogens is 374 g/mol. The zero-order chi connectivity index (χ0) is 18.7. The summed E-state index contributed by atoms with van der Waals surface area (Å²) >= 11 is 1.52. The molecule has 0 fully saturated rings. The van der Waals surface area contributed by atoms with Crippen molar-refractivity contribution >= 4 is 27.3 Å². The third-order valence-corrected chi connectivity index (χ3v) is 6.41. The van der Waals surface area contributed by atoms with Crippen molar-refractivity contribution in [2.45, 2.75) is 31.1 Å². The van der Waals surface area contributed by atoms with Crippen molar-refractivity contribution in [2.75, 3.05) is 13.2 Å². The zero-order valence-electron chi connectivity index (χ0n) is 14.4. The average molecular weight is 396 g/mol. The van der Waals surface area contributed by atoms with Crippen molar-refractivity contribution in [3.8, 4) is 5.75 Å². The van der Waals surface area contributed by atoms with Crippen LogP contribution < -0.4 is 9.88 Å². The van der Waals surface area contributed by atoms with Crippen LogP contribution in [-0.2, 0) is 27.6 Å². The number of hydrogen-bond donors (Lipinski definition) is 1. The number of esters is 1. The fourth-order valence-corrected chi connectivity index (χ4v) is 4.51. The van der Waals surface area contributed by atoms with E-state index in [9.17, 15) is 13.2 Å².